The summed E-state index contributed by atoms with van der Waals surface area (Å²) >= 11 is 1.10. The molecule has 0 saturated carbocycles. The molecule has 0 amide bonds. The monoisotopic (exact) mass is 166 g/mol. The smallest absolute Gasteiger partial charge is 0.238 e. The SMILES string of the molecule is CS(=O)(=O)N1NC=CS1. The second-order valence-corrected chi connectivity index (χ2v) is 4.44. The molecule has 0 atom stereocenters. The highest BCUT2D eigenvalue weighted by atomic mass is 32.3. The molecule has 1 aliphatic heterocycles. The normalized spacial score (nSPS) is 20.1. The Balaban J connectivity index is 2.68. The molecule has 0 saturated heterocycles. The molecular formula is C3H6N2O2S2. The van der Waals surface area contributed by atoms with Gasteiger partial charge in [0.1, 0.15) is 0 Å². The summed E-state index contributed by atoms with van der Waals surface area (Å²) in [5.74, 6) is 0. The van der Waals surface area contributed by atoms with Gasteiger partial charge >= 0.3 is 0 Å². The molecule has 0 aromatic carbocycles. The van der Waals surface area contributed by atoms with Crippen molar-refractivity contribution in [1.82, 2.24) is 9.25 Å². The van der Waals surface area contributed by atoms with E-state index in [9.17, 15) is 8.42 Å². The third-order valence-electron chi connectivity index (χ3n) is 0.706. The molecule has 0 aromatic rings. The average molecular weight is 166 g/mol. The lowest BCUT2D eigenvalue weighted by atomic mass is 11.1. The number of sulfonamides is 1. The van der Waals surface area contributed by atoms with Crippen LogP contribution >= 0.6 is 11.9 Å². The third-order valence-corrected chi connectivity index (χ3v) is 3.04. The lowest BCUT2D eigenvalue weighted by Gasteiger charge is -2.09. The van der Waals surface area contributed by atoms with Crippen molar-refractivity contribution < 1.29 is 8.42 Å². The number of nitrogens with one attached hydrogen (secondary N) is 1. The minimum absolute atomic E-state index is 1.08. The minimum Gasteiger partial charge on any atom is -0.302 e. The third kappa shape index (κ3) is 1.60. The summed E-state index contributed by atoms with van der Waals surface area (Å²) in [4.78, 5) is 0. The lowest BCUT2D eigenvalue weighted by molar-refractivity contribution is 0.526. The van der Waals surface area contributed by atoms with Crippen molar-refractivity contribution in [3.8, 4) is 0 Å². The first-order valence-corrected chi connectivity index (χ1v) is 4.87. The molecule has 0 spiro atoms. The van der Waals surface area contributed by atoms with Gasteiger partial charge in [-0.2, -0.15) is 0 Å². The van der Waals surface area contributed by atoms with Gasteiger partial charge in [0.15, 0.2) is 0 Å². The van der Waals surface area contributed by atoms with Crippen LogP contribution in [0.1, 0.15) is 0 Å². The van der Waals surface area contributed by atoms with Gasteiger partial charge in [-0.05, 0) is 11.9 Å². The number of rotatable bonds is 1. The van der Waals surface area contributed by atoms with Crippen LogP contribution in [0.15, 0.2) is 11.6 Å². The van der Waals surface area contributed by atoms with Gasteiger partial charge in [0.05, 0.1) is 6.26 Å². The van der Waals surface area contributed by atoms with E-state index in [2.05, 4.69) is 5.43 Å². The maximum absolute atomic E-state index is 10.6. The van der Waals surface area contributed by atoms with Crippen molar-refractivity contribution in [3.63, 3.8) is 0 Å². The summed E-state index contributed by atoms with van der Waals surface area (Å²) in [7, 11) is -3.08. The van der Waals surface area contributed by atoms with E-state index in [1.54, 1.807) is 11.6 Å². The van der Waals surface area contributed by atoms with Crippen LogP contribution in [-0.4, -0.2) is 18.5 Å². The van der Waals surface area contributed by atoms with Gasteiger partial charge in [-0.15, -0.1) is 0 Å². The molecule has 1 aliphatic rings. The number of hydrogen-bond donors (Lipinski definition) is 1. The van der Waals surface area contributed by atoms with Gasteiger partial charge in [-0.25, -0.2) is 8.42 Å². The van der Waals surface area contributed by atoms with Crippen LogP contribution in [0.4, 0.5) is 0 Å². The molecule has 0 fully saturated rings. The fraction of sp³-hybridized carbons (Fsp3) is 0.333. The molecule has 6 heteroatoms. The largest absolute Gasteiger partial charge is 0.302 e. The second-order valence-electron chi connectivity index (χ2n) is 1.53. The van der Waals surface area contributed by atoms with Gasteiger partial charge in [-0.1, -0.05) is 3.82 Å². The van der Waals surface area contributed by atoms with Gasteiger partial charge in [0, 0.05) is 11.6 Å². The molecule has 52 valence electrons. The fourth-order valence-electron chi connectivity index (χ4n) is 0.381. The van der Waals surface area contributed by atoms with E-state index in [1.807, 2.05) is 0 Å². The van der Waals surface area contributed by atoms with Crippen LogP contribution in [0.3, 0.4) is 0 Å². The first-order valence-electron chi connectivity index (χ1n) is 2.19. The molecule has 0 aliphatic carbocycles. The summed E-state index contributed by atoms with van der Waals surface area (Å²) in [5, 5.41) is 1.65. The molecule has 1 rings (SSSR count). The van der Waals surface area contributed by atoms with Crippen LogP contribution < -0.4 is 5.43 Å². The first kappa shape index (κ1) is 6.91. The zero-order valence-electron chi connectivity index (χ0n) is 4.73. The number of hydrogen-bond acceptors (Lipinski definition) is 4. The van der Waals surface area contributed by atoms with Crippen LogP contribution in [0.25, 0.3) is 0 Å². The first-order chi connectivity index (χ1) is 4.11. The van der Waals surface area contributed by atoms with Gasteiger partial charge < -0.3 is 5.43 Å². The molecule has 1 heterocycles. The Kier molecular flexibility index (Phi) is 1.69. The van der Waals surface area contributed by atoms with Gasteiger partial charge in [0.2, 0.25) is 10.0 Å². The molecule has 9 heavy (non-hydrogen) atoms. The van der Waals surface area contributed by atoms with Crippen molar-refractivity contribution in [2.24, 2.45) is 0 Å². The van der Waals surface area contributed by atoms with E-state index in [0.717, 1.165) is 22.0 Å². The summed E-state index contributed by atoms with van der Waals surface area (Å²) in [5.41, 5.74) is 2.52. The highest BCUT2D eigenvalue weighted by molar-refractivity contribution is 8.10. The Morgan fingerprint density at radius 2 is 2.33 bits per heavy atom. The molecule has 0 bridgehead atoms. The highest BCUT2D eigenvalue weighted by Crippen LogP contribution is 2.16. The van der Waals surface area contributed by atoms with E-state index >= 15 is 0 Å². The quantitative estimate of drug-likeness (QED) is 0.552. The molecule has 0 aromatic heterocycles. The number of hydrazine groups is 1. The molecule has 1 N–H and O–H groups in total. The van der Waals surface area contributed by atoms with Crippen LogP contribution in [0, 0.1) is 0 Å². The van der Waals surface area contributed by atoms with Crippen molar-refractivity contribution in [1.29, 1.82) is 0 Å². The predicted molar refractivity (Wildman–Crippen MR) is 36.5 cm³/mol. The molecule has 0 unspecified atom stereocenters. The molecule has 4 nitrogen and oxygen atoms in total. The topological polar surface area (TPSA) is 49.4 Å². The summed E-state index contributed by atoms with van der Waals surface area (Å²) in [6, 6.07) is 0. The summed E-state index contributed by atoms with van der Waals surface area (Å²) in [6.07, 6.45) is 2.70. The summed E-state index contributed by atoms with van der Waals surface area (Å²) in [6.45, 7) is 0. The van der Waals surface area contributed by atoms with Crippen molar-refractivity contribution in [2.75, 3.05) is 6.26 Å². The Morgan fingerprint density at radius 1 is 1.67 bits per heavy atom. The van der Waals surface area contributed by atoms with E-state index in [1.165, 1.54) is 0 Å². The van der Waals surface area contributed by atoms with Crippen LogP contribution in [0.5, 0.6) is 0 Å². The van der Waals surface area contributed by atoms with E-state index in [0.29, 0.717) is 0 Å². The van der Waals surface area contributed by atoms with E-state index in [-0.39, 0.29) is 0 Å². The van der Waals surface area contributed by atoms with Crippen molar-refractivity contribution in [3.05, 3.63) is 11.6 Å². The predicted octanol–water partition coefficient (Wildman–Crippen LogP) is -0.114. The van der Waals surface area contributed by atoms with Gasteiger partial charge in [0.25, 0.3) is 0 Å². The zero-order valence-corrected chi connectivity index (χ0v) is 6.37. The van der Waals surface area contributed by atoms with E-state index in [4.69, 9.17) is 0 Å². The molecule has 0 radical (unpaired) electrons. The second kappa shape index (κ2) is 2.20. The van der Waals surface area contributed by atoms with Crippen LogP contribution in [-0.2, 0) is 10.0 Å². The zero-order chi connectivity index (χ0) is 6.91. The standard InChI is InChI=1S/C3H6N2O2S2/c1-9(6,7)5-4-2-3-8-5/h2-4H,1H3. The Hall–Kier alpha value is -0.200. The maximum Gasteiger partial charge on any atom is 0.238 e. The van der Waals surface area contributed by atoms with Crippen LogP contribution in [0.2, 0.25) is 0 Å². The Morgan fingerprint density at radius 3 is 2.56 bits per heavy atom. The lowest BCUT2D eigenvalue weighted by Crippen LogP contribution is -2.29. The van der Waals surface area contributed by atoms with Crippen molar-refractivity contribution >= 4 is 22.0 Å². The highest BCUT2D eigenvalue weighted by Gasteiger charge is 2.17. The Labute approximate surface area is 58.1 Å². The van der Waals surface area contributed by atoms with E-state index < -0.39 is 10.0 Å². The Bertz CT molecular complexity index is 212. The minimum atomic E-state index is -3.08. The maximum atomic E-state index is 10.6. The van der Waals surface area contributed by atoms with Crippen molar-refractivity contribution in [2.45, 2.75) is 0 Å². The molecular weight excluding hydrogens is 160 g/mol. The number of nitrogens with zero attached hydrogens (tertiary/aromatic N) is 1. The fourth-order valence-corrected chi connectivity index (χ4v) is 1.76. The van der Waals surface area contributed by atoms with Gasteiger partial charge in [-0.3, -0.25) is 0 Å². The summed E-state index contributed by atoms with van der Waals surface area (Å²) < 4.78 is 22.3. The average Bonchev–Trinajstić information content (AvgIpc) is 2.08.